The van der Waals surface area contributed by atoms with Gasteiger partial charge in [-0.05, 0) is 30.7 Å². The van der Waals surface area contributed by atoms with Gasteiger partial charge in [-0.1, -0.05) is 35.5 Å². The van der Waals surface area contributed by atoms with Crippen LogP contribution in [0.15, 0.2) is 36.5 Å². The highest BCUT2D eigenvalue weighted by atomic mass is 16.5. The molecule has 0 radical (unpaired) electrons. The van der Waals surface area contributed by atoms with Gasteiger partial charge in [0.05, 0.1) is 12.8 Å². The summed E-state index contributed by atoms with van der Waals surface area (Å²) in [4.78, 5) is 14.5. The zero-order valence-electron chi connectivity index (χ0n) is 14.1. The number of benzene rings is 1. The zero-order valence-corrected chi connectivity index (χ0v) is 14.1. The van der Waals surface area contributed by atoms with Crippen molar-refractivity contribution in [2.75, 3.05) is 26.8 Å². The molecule has 3 rings (SSSR count). The minimum atomic E-state index is -0.0261. The second-order valence-electron chi connectivity index (χ2n) is 6.32. The number of carbonyl (C=O) groups excluding carboxylic acids is 1. The maximum atomic E-state index is 12.6. The molecule has 6 heteroatoms. The van der Waals surface area contributed by atoms with E-state index in [2.05, 4.69) is 22.4 Å². The Balaban J connectivity index is 1.57. The molecule has 1 amide bonds. The molecule has 1 fully saturated rings. The van der Waals surface area contributed by atoms with Crippen molar-refractivity contribution in [3.05, 3.63) is 47.8 Å². The van der Waals surface area contributed by atoms with Crippen LogP contribution in [0.4, 0.5) is 0 Å². The Morgan fingerprint density at radius 2 is 2.17 bits per heavy atom. The lowest BCUT2D eigenvalue weighted by Crippen LogP contribution is -2.41. The first kappa shape index (κ1) is 16.6. The molecule has 1 aliphatic rings. The lowest BCUT2D eigenvalue weighted by atomic mass is 9.99. The molecule has 2 aromatic rings. The number of piperidine rings is 1. The number of rotatable bonds is 6. The number of aromatic nitrogens is 3. The van der Waals surface area contributed by atoms with E-state index in [9.17, 15) is 4.79 Å². The van der Waals surface area contributed by atoms with Gasteiger partial charge in [0.1, 0.15) is 0 Å². The maximum absolute atomic E-state index is 12.6. The normalized spacial score (nSPS) is 17.9. The van der Waals surface area contributed by atoms with E-state index < -0.39 is 0 Å². The fourth-order valence-electron chi connectivity index (χ4n) is 3.18. The molecule has 6 nitrogen and oxygen atoms in total. The average molecular weight is 328 g/mol. The molecule has 24 heavy (non-hydrogen) atoms. The molecular weight excluding hydrogens is 304 g/mol. The van der Waals surface area contributed by atoms with Gasteiger partial charge in [0.2, 0.25) is 0 Å². The third kappa shape index (κ3) is 4.20. The molecule has 0 bridgehead atoms. The Bertz CT molecular complexity index is 654. The van der Waals surface area contributed by atoms with Crippen LogP contribution in [-0.4, -0.2) is 52.6 Å². The maximum Gasteiger partial charge on any atom is 0.276 e. The van der Waals surface area contributed by atoms with Crippen LogP contribution in [0.25, 0.3) is 0 Å². The quantitative estimate of drug-likeness (QED) is 0.814. The number of carbonyl (C=O) groups is 1. The molecule has 128 valence electrons. The second-order valence-corrected chi connectivity index (χ2v) is 6.32. The molecule has 0 saturated carbocycles. The van der Waals surface area contributed by atoms with Gasteiger partial charge < -0.3 is 9.64 Å². The highest BCUT2D eigenvalue weighted by Gasteiger charge is 2.26. The van der Waals surface area contributed by atoms with Gasteiger partial charge in [-0.25, -0.2) is 0 Å². The van der Waals surface area contributed by atoms with E-state index in [0.29, 0.717) is 18.2 Å². The van der Waals surface area contributed by atoms with Crippen molar-refractivity contribution >= 4 is 5.91 Å². The van der Waals surface area contributed by atoms with Crippen LogP contribution in [0.5, 0.6) is 0 Å². The van der Waals surface area contributed by atoms with Crippen LogP contribution >= 0.6 is 0 Å². The molecule has 1 aliphatic heterocycles. The van der Waals surface area contributed by atoms with Crippen LogP contribution in [0.2, 0.25) is 0 Å². The van der Waals surface area contributed by atoms with Gasteiger partial charge in [0.25, 0.3) is 5.91 Å². The first-order chi connectivity index (χ1) is 11.8. The third-order valence-corrected chi connectivity index (χ3v) is 4.44. The first-order valence-corrected chi connectivity index (χ1v) is 8.48. The van der Waals surface area contributed by atoms with E-state index in [-0.39, 0.29) is 5.91 Å². The summed E-state index contributed by atoms with van der Waals surface area (Å²) >= 11 is 0. The predicted molar refractivity (Wildman–Crippen MR) is 90.7 cm³/mol. The minimum absolute atomic E-state index is 0.0261. The van der Waals surface area contributed by atoms with Crippen molar-refractivity contribution in [2.45, 2.75) is 25.8 Å². The van der Waals surface area contributed by atoms with Crippen molar-refractivity contribution < 1.29 is 9.53 Å². The van der Waals surface area contributed by atoms with Crippen molar-refractivity contribution in [3.8, 4) is 0 Å². The van der Waals surface area contributed by atoms with Crippen LogP contribution in [-0.2, 0) is 17.7 Å². The van der Waals surface area contributed by atoms with Crippen molar-refractivity contribution in [1.82, 2.24) is 19.9 Å². The van der Waals surface area contributed by atoms with E-state index in [1.54, 1.807) is 18.0 Å². The van der Waals surface area contributed by atoms with E-state index in [0.717, 1.165) is 38.9 Å². The number of aryl methyl sites for hydroxylation is 2. The molecule has 1 saturated heterocycles. The van der Waals surface area contributed by atoms with Gasteiger partial charge in [-0.3, -0.25) is 9.48 Å². The molecule has 1 aromatic carbocycles. The molecule has 0 spiro atoms. The summed E-state index contributed by atoms with van der Waals surface area (Å²) in [5, 5.41) is 8.16. The summed E-state index contributed by atoms with van der Waals surface area (Å²) in [5.74, 6) is 0.391. The largest absolute Gasteiger partial charge is 0.384 e. The number of methoxy groups -OCH3 is 1. The highest BCUT2D eigenvalue weighted by Crippen LogP contribution is 2.18. The van der Waals surface area contributed by atoms with Crippen molar-refractivity contribution in [1.29, 1.82) is 0 Å². The molecular formula is C18H24N4O2. The van der Waals surface area contributed by atoms with Gasteiger partial charge in [0, 0.05) is 26.7 Å². The van der Waals surface area contributed by atoms with Crippen molar-refractivity contribution in [2.24, 2.45) is 5.92 Å². The monoisotopic (exact) mass is 328 g/mol. The van der Waals surface area contributed by atoms with Crippen molar-refractivity contribution in [3.63, 3.8) is 0 Å². The topological polar surface area (TPSA) is 60.2 Å². The van der Waals surface area contributed by atoms with E-state index >= 15 is 0 Å². The summed E-state index contributed by atoms with van der Waals surface area (Å²) in [6.07, 6.45) is 4.76. The standard InChI is InChI=1S/C18H24N4O2/c1-24-14-16-8-5-10-21(12-16)18(23)17-13-22(20-19-17)11-9-15-6-3-2-4-7-15/h2-4,6-7,13,16H,5,8-12,14H2,1H3. The zero-order chi connectivity index (χ0) is 16.8. The van der Waals surface area contributed by atoms with Crippen LogP contribution in [0, 0.1) is 5.92 Å². The number of amides is 1. The molecule has 1 atom stereocenters. The van der Waals surface area contributed by atoms with Gasteiger partial charge in [-0.15, -0.1) is 5.10 Å². The number of nitrogens with zero attached hydrogens (tertiary/aromatic N) is 4. The summed E-state index contributed by atoms with van der Waals surface area (Å²) < 4.78 is 6.97. The molecule has 1 aromatic heterocycles. The number of hydrogen-bond donors (Lipinski definition) is 0. The summed E-state index contributed by atoms with van der Waals surface area (Å²) in [7, 11) is 1.71. The minimum Gasteiger partial charge on any atom is -0.384 e. The summed E-state index contributed by atoms with van der Waals surface area (Å²) in [6, 6.07) is 10.2. The van der Waals surface area contributed by atoms with E-state index in [4.69, 9.17) is 4.74 Å². The van der Waals surface area contributed by atoms with Crippen LogP contribution < -0.4 is 0 Å². The Hall–Kier alpha value is -2.21. The second kappa shape index (κ2) is 8.06. The number of ether oxygens (including phenoxy) is 1. The molecule has 2 heterocycles. The number of hydrogen-bond acceptors (Lipinski definition) is 4. The average Bonchev–Trinajstić information content (AvgIpc) is 3.10. The van der Waals surface area contributed by atoms with E-state index in [1.165, 1.54) is 5.56 Å². The molecule has 0 aliphatic carbocycles. The summed E-state index contributed by atoms with van der Waals surface area (Å²) in [6.45, 7) is 2.95. The Morgan fingerprint density at radius 1 is 1.33 bits per heavy atom. The SMILES string of the molecule is COCC1CCCN(C(=O)c2cn(CCc3ccccc3)nn2)C1. The third-order valence-electron chi connectivity index (χ3n) is 4.44. The van der Waals surface area contributed by atoms with Crippen LogP contribution in [0.1, 0.15) is 28.9 Å². The summed E-state index contributed by atoms with van der Waals surface area (Å²) in [5.41, 5.74) is 1.68. The number of likely N-dealkylation sites (tertiary alicyclic amines) is 1. The fraction of sp³-hybridized carbons (Fsp3) is 0.500. The van der Waals surface area contributed by atoms with E-state index in [1.807, 2.05) is 23.1 Å². The predicted octanol–water partition coefficient (Wildman–Crippen LogP) is 2.02. The van der Waals surface area contributed by atoms with Gasteiger partial charge in [0.15, 0.2) is 5.69 Å². The smallest absolute Gasteiger partial charge is 0.276 e. The molecule has 0 N–H and O–H groups in total. The highest BCUT2D eigenvalue weighted by molar-refractivity contribution is 5.92. The Labute approximate surface area is 142 Å². The fourth-order valence-corrected chi connectivity index (χ4v) is 3.18. The van der Waals surface area contributed by atoms with Gasteiger partial charge >= 0.3 is 0 Å². The van der Waals surface area contributed by atoms with Crippen LogP contribution in [0.3, 0.4) is 0 Å². The first-order valence-electron chi connectivity index (χ1n) is 8.48. The Kier molecular flexibility index (Phi) is 5.59. The molecule has 1 unspecified atom stereocenters. The Morgan fingerprint density at radius 3 is 2.96 bits per heavy atom. The lowest BCUT2D eigenvalue weighted by molar-refractivity contribution is 0.0565. The van der Waals surface area contributed by atoms with Gasteiger partial charge in [-0.2, -0.15) is 0 Å². The lowest BCUT2D eigenvalue weighted by Gasteiger charge is -2.31.